The normalized spacial score (nSPS) is 29.0. The number of aromatic hydroxyl groups is 2. The van der Waals surface area contributed by atoms with E-state index in [1.54, 1.807) is 25.1 Å². The summed E-state index contributed by atoms with van der Waals surface area (Å²) >= 11 is 0. The van der Waals surface area contributed by atoms with Gasteiger partial charge in [0.15, 0.2) is 0 Å². The van der Waals surface area contributed by atoms with Gasteiger partial charge in [-0.2, -0.15) is 0 Å². The van der Waals surface area contributed by atoms with E-state index < -0.39 is 11.0 Å². The molecule has 25 heavy (non-hydrogen) atoms. The molecule has 0 bridgehead atoms. The highest BCUT2D eigenvalue weighted by molar-refractivity contribution is 5.69. The summed E-state index contributed by atoms with van der Waals surface area (Å²) in [5, 5.41) is 31.5. The zero-order chi connectivity index (χ0) is 18.4. The minimum Gasteiger partial charge on any atom is -0.506 e. The van der Waals surface area contributed by atoms with Gasteiger partial charge in [-0.15, -0.1) is 0 Å². The summed E-state index contributed by atoms with van der Waals surface area (Å²) in [4.78, 5) is 0. The second-order valence-corrected chi connectivity index (χ2v) is 8.51. The third kappa shape index (κ3) is 1.93. The summed E-state index contributed by atoms with van der Waals surface area (Å²) in [5.74, 6) is 0.0605. The topological polar surface area (TPSA) is 113 Å². The van der Waals surface area contributed by atoms with Crippen LogP contribution in [0.2, 0.25) is 0 Å². The molecule has 5 nitrogen and oxygen atoms in total. The molecule has 2 aromatic rings. The van der Waals surface area contributed by atoms with Gasteiger partial charge in [0.2, 0.25) is 0 Å². The molecule has 0 amide bonds. The van der Waals surface area contributed by atoms with Gasteiger partial charge in [0.05, 0.1) is 17.0 Å². The first-order chi connectivity index (χ1) is 11.5. The third-order valence-electron chi connectivity index (χ3n) is 6.06. The summed E-state index contributed by atoms with van der Waals surface area (Å²) in [7, 11) is 0. The summed E-state index contributed by atoms with van der Waals surface area (Å²) in [6.45, 7) is 6.06. The lowest BCUT2D eigenvalue weighted by Gasteiger charge is -2.30. The highest BCUT2D eigenvalue weighted by Crippen LogP contribution is 2.63. The van der Waals surface area contributed by atoms with Gasteiger partial charge in [0, 0.05) is 5.41 Å². The number of nitrogen functional groups attached to an aromatic ring is 2. The Hall–Kier alpha value is -2.40. The molecule has 132 valence electrons. The Kier molecular flexibility index (Phi) is 2.84. The fourth-order valence-electron chi connectivity index (χ4n) is 5.13. The van der Waals surface area contributed by atoms with Gasteiger partial charge in [-0.3, -0.25) is 0 Å². The van der Waals surface area contributed by atoms with Crippen LogP contribution < -0.4 is 11.5 Å². The van der Waals surface area contributed by atoms with Crippen molar-refractivity contribution in [2.24, 2.45) is 0 Å². The van der Waals surface area contributed by atoms with E-state index in [1.165, 1.54) is 0 Å². The molecule has 0 saturated carbocycles. The second-order valence-electron chi connectivity index (χ2n) is 8.51. The Bertz CT molecular complexity index is 840. The zero-order valence-electron chi connectivity index (χ0n) is 14.7. The lowest BCUT2D eigenvalue weighted by Crippen LogP contribution is -2.27. The maximum Gasteiger partial charge on any atom is 0.138 e. The lowest BCUT2D eigenvalue weighted by atomic mass is 9.73. The van der Waals surface area contributed by atoms with Crippen molar-refractivity contribution in [1.29, 1.82) is 0 Å². The number of benzene rings is 2. The van der Waals surface area contributed by atoms with Crippen LogP contribution in [0.5, 0.6) is 11.5 Å². The molecule has 0 radical (unpaired) electrons. The SMILES string of the molecule is CC1(C)CC2(CC(C)(O)c3cc(N)c(O)cc32)c2cc(O)c(N)cc21. The molecule has 2 aliphatic carbocycles. The molecule has 2 atom stereocenters. The summed E-state index contributed by atoms with van der Waals surface area (Å²) < 4.78 is 0. The van der Waals surface area contributed by atoms with E-state index >= 15 is 0 Å². The van der Waals surface area contributed by atoms with Crippen LogP contribution in [0.4, 0.5) is 11.4 Å². The molecule has 1 spiro atoms. The minimum absolute atomic E-state index is 0.0155. The molecule has 0 saturated heterocycles. The molecule has 0 aromatic heterocycles. The van der Waals surface area contributed by atoms with Crippen LogP contribution in [0.3, 0.4) is 0 Å². The lowest BCUT2D eigenvalue weighted by molar-refractivity contribution is 0.0446. The van der Waals surface area contributed by atoms with Gasteiger partial charge < -0.3 is 26.8 Å². The average Bonchev–Trinajstić information content (AvgIpc) is 2.82. The predicted molar refractivity (Wildman–Crippen MR) is 97.6 cm³/mol. The molecule has 0 aliphatic heterocycles. The van der Waals surface area contributed by atoms with Crippen molar-refractivity contribution in [3.8, 4) is 11.5 Å². The number of rotatable bonds is 0. The first-order valence-corrected chi connectivity index (χ1v) is 8.47. The fraction of sp³-hybridized carbons (Fsp3) is 0.400. The number of phenolic OH excluding ortho intramolecular Hbond substituents is 2. The molecule has 2 aliphatic rings. The average molecular weight is 340 g/mol. The van der Waals surface area contributed by atoms with Gasteiger partial charge >= 0.3 is 0 Å². The maximum atomic E-state index is 11.1. The minimum atomic E-state index is -1.06. The molecule has 4 rings (SSSR count). The van der Waals surface area contributed by atoms with Gasteiger partial charge in [-0.05, 0) is 71.7 Å². The number of hydrogen-bond acceptors (Lipinski definition) is 5. The highest BCUT2D eigenvalue weighted by atomic mass is 16.3. The quantitative estimate of drug-likeness (QED) is 0.374. The Morgan fingerprint density at radius 2 is 1.24 bits per heavy atom. The van der Waals surface area contributed by atoms with Gasteiger partial charge in [-0.25, -0.2) is 0 Å². The number of anilines is 2. The van der Waals surface area contributed by atoms with Crippen molar-refractivity contribution >= 4 is 11.4 Å². The molecule has 0 heterocycles. The van der Waals surface area contributed by atoms with Crippen molar-refractivity contribution in [1.82, 2.24) is 0 Å². The van der Waals surface area contributed by atoms with Crippen LogP contribution >= 0.6 is 0 Å². The van der Waals surface area contributed by atoms with Gasteiger partial charge in [0.1, 0.15) is 11.5 Å². The van der Waals surface area contributed by atoms with E-state index in [0.717, 1.165) is 28.7 Å². The van der Waals surface area contributed by atoms with E-state index in [9.17, 15) is 15.3 Å². The van der Waals surface area contributed by atoms with E-state index in [1.807, 2.05) is 6.07 Å². The third-order valence-corrected chi connectivity index (χ3v) is 6.06. The highest BCUT2D eigenvalue weighted by Gasteiger charge is 2.57. The van der Waals surface area contributed by atoms with Crippen molar-refractivity contribution in [3.63, 3.8) is 0 Å². The van der Waals surface area contributed by atoms with Crippen molar-refractivity contribution in [2.75, 3.05) is 11.5 Å². The van der Waals surface area contributed by atoms with E-state index in [2.05, 4.69) is 13.8 Å². The Balaban J connectivity index is 2.07. The van der Waals surface area contributed by atoms with Crippen LogP contribution in [0.1, 0.15) is 55.9 Å². The number of fused-ring (bicyclic) bond motifs is 4. The molecule has 2 aromatic carbocycles. The first kappa shape index (κ1) is 16.1. The number of nitrogens with two attached hydrogens (primary N) is 2. The van der Waals surface area contributed by atoms with Crippen molar-refractivity contribution in [3.05, 3.63) is 46.5 Å². The molecular formula is C20H24N2O3. The molecule has 5 heteroatoms. The van der Waals surface area contributed by atoms with Gasteiger partial charge in [-0.1, -0.05) is 13.8 Å². The zero-order valence-corrected chi connectivity index (χ0v) is 14.7. The predicted octanol–water partition coefficient (Wildman–Crippen LogP) is 2.84. The molecular weight excluding hydrogens is 316 g/mol. The van der Waals surface area contributed by atoms with Crippen LogP contribution in [0.15, 0.2) is 24.3 Å². The van der Waals surface area contributed by atoms with Crippen molar-refractivity contribution < 1.29 is 15.3 Å². The molecule has 0 fully saturated rings. The Labute approximate surface area is 146 Å². The number of hydrogen-bond donors (Lipinski definition) is 5. The number of phenols is 2. The monoisotopic (exact) mass is 340 g/mol. The van der Waals surface area contributed by atoms with E-state index in [4.69, 9.17) is 11.5 Å². The summed E-state index contributed by atoms with van der Waals surface area (Å²) in [6.07, 6.45) is 1.22. The van der Waals surface area contributed by atoms with Crippen LogP contribution in [-0.2, 0) is 16.4 Å². The fourth-order valence-corrected chi connectivity index (χ4v) is 5.13. The molecule has 2 unspecified atom stereocenters. The summed E-state index contributed by atoms with van der Waals surface area (Å²) in [6, 6.07) is 6.90. The van der Waals surface area contributed by atoms with Crippen molar-refractivity contribution in [2.45, 2.75) is 50.0 Å². The standard InChI is InChI=1S/C20H24N2O3/c1-18(2)8-20(12-6-16(23)14(21)4-10(12)18)9-19(3,25)11-5-15(22)17(24)7-13(11)20/h4-7,23-25H,8-9,21-22H2,1-3H3. The first-order valence-electron chi connectivity index (χ1n) is 8.47. The van der Waals surface area contributed by atoms with E-state index in [-0.39, 0.29) is 22.6 Å². The Morgan fingerprint density at radius 3 is 1.80 bits per heavy atom. The number of aliphatic hydroxyl groups is 1. The van der Waals surface area contributed by atoms with Crippen LogP contribution in [0, 0.1) is 0 Å². The maximum absolute atomic E-state index is 11.1. The summed E-state index contributed by atoms with van der Waals surface area (Å²) in [5.41, 5.74) is 14.3. The smallest absolute Gasteiger partial charge is 0.138 e. The Morgan fingerprint density at radius 1 is 0.760 bits per heavy atom. The second kappa shape index (κ2) is 4.41. The van der Waals surface area contributed by atoms with E-state index in [0.29, 0.717) is 12.1 Å². The van der Waals surface area contributed by atoms with Crippen LogP contribution in [-0.4, -0.2) is 15.3 Å². The largest absolute Gasteiger partial charge is 0.506 e. The molecule has 7 N–H and O–H groups in total. The van der Waals surface area contributed by atoms with Crippen LogP contribution in [0.25, 0.3) is 0 Å². The van der Waals surface area contributed by atoms with Gasteiger partial charge in [0.25, 0.3) is 0 Å².